The molecule has 4 heteroatoms. The third-order valence-corrected chi connectivity index (χ3v) is 5.13. The third-order valence-electron chi connectivity index (χ3n) is 5.13. The van der Waals surface area contributed by atoms with Gasteiger partial charge in [-0.1, -0.05) is 60.7 Å². The molecule has 2 aliphatic heterocycles. The van der Waals surface area contributed by atoms with Gasteiger partial charge in [0, 0.05) is 32.1 Å². The molecule has 0 spiro atoms. The van der Waals surface area contributed by atoms with Gasteiger partial charge in [-0.25, -0.2) is 0 Å². The van der Waals surface area contributed by atoms with Crippen molar-refractivity contribution in [3.05, 3.63) is 71.8 Å². The van der Waals surface area contributed by atoms with Gasteiger partial charge in [-0.15, -0.1) is 0 Å². The number of piperidine rings is 1. The lowest BCUT2D eigenvalue weighted by Gasteiger charge is -2.35. The van der Waals surface area contributed by atoms with Crippen molar-refractivity contribution in [3.63, 3.8) is 0 Å². The van der Waals surface area contributed by atoms with Crippen LogP contribution in [0, 0.1) is 5.92 Å². The Labute approximate surface area is 142 Å². The minimum Gasteiger partial charge on any atom is -0.391 e. The summed E-state index contributed by atoms with van der Waals surface area (Å²) in [5.41, 5.74) is 2.32. The number of benzene rings is 2. The van der Waals surface area contributed by atoms with Gasteiger partial charge < -0.3 is 10.0 Å². The van der Waals surface area contributed by atoms with Gasteiger partial charge in [-0.3, -0.25) is 9.69 Å². The van der Waals surface area contributed by atoms with Crippen molar-refractivity contribution in [1.82, 2.24) is 9.80 Å². The minimum atomic E-state index is -0.548. The first-order chi connectivity index (χ1) is 11.7. The molecular weight excluding hydrogens is 300 g/mol. The molecule has 0 aliphatic carbocycles. The highest BCUT2D eigenvalue weighted by Crippen LogP contribution is 2.33. The van der Waals surface area contributed by atoms with E-state index in [0.29, 0.717) is 19.6 Å². The van der Waals surface area contributed by atoms with Crippen LogP contribution in [0.15, 0.2) is 60.7 Å². The van der Waals surface area contributed by atoms with Crippen molar-refractivity contribution >= 4 is 5.91 Å². The number of carbonyl (C=O) groups is 1. The number of nitrogens with zero attached hydrogens (tertiary/aromatic N) is 2. The van der Waals surface area contributed by atoms with E-state index in [9.17, 15) is 9.90 Å². The number of rotatable bonds is 4. The Bertz CT molecular complexity index is 704. The van der Waals surface area contributed by atoms with Crippen LogP contribution in [-0.4, -0.2) is 46.0 Å². The third kappa shape index (κ3) is 2.83. The monoisotopic (exact) mass is 322 g/mol. The molecule has 1 N–H and O–H groups in total. The lowest BCUT2D eigenvalue weighted by atomic mass is 9.95. The Hall–Kier alpha value is -2.17. The van der Waals surface area contributed by atoms with Gasteiger partial charge >= 0.3 is 0 Å². The fraction of sp³-hybridized carbons (Fsp3) is 0.350. The fourth-order valence-corrected chi connectivity index (χ4v) is 3.95. The van der Waals surface area contributed by atoms with Crippen molar-refractivity contribution in [3.8, 4) is 0 Å². The topological polar surface area (TPSA) is 43.8 Å². The summed E-state index contributed by atoms with van der Waals surface area (Å²) in [6.45, 7) is 2.75. The number of fused-ring (bicyclic) bond motifs is 2. The predicted molar refractivity (Wildman–Crippen MR) is 92.0 cm³/mol. The van der Waals surface area contributed by atoms with Crippen molar-refractivity contribution in [2.45, 2.75) is 25.2 Å². The zero-order chi connectivity index (χ0) is 16.5. The van der Waals surface area contributed by atoms with Crippen molar-refractivity contribution in [2.24, 2.45) is 5.92 Å². The number of likely N-dealkylation sites (tertiary alicyclic amines) is 2. The molecule has 0 unspecified atom stereocenters. The molecular formula is C20H22N2O2. The summed E-state index contributed by atoms with van der Waals surface area (Å²) in [5.74, 6) is 0.191. The van der Waals surface area contributed by atoms with Gasteiger partial charge in [0.1, 0.15) is 6.04 Å². The highest BCUT2D eigenvalue weighted by Gasteiger charge is 2.50. The number of aliphatic hydroxyl groups excluding tert-OH is 1. The number of amides is 1. The highest BCUT2D eigenvalue weighted by atomic mass is 16.3. The van der Waals surface area contributed by atoms with Crippen LogP contribution < -0.4 is 0 Å². The van der Waals surface area contributed by atoms with Crippen LogP contribution in [0.1, 0.15) is 11.1 Å². The van der Waals surface area contributed by atoms with E-state index in [1.54, 1.807) is 0 Å². The molecule has 2 fully saturated rings. The van der Waals surface area contributed by atoms with E-state index in [1.165, 1.54) is 5.56 Å². The molecule has 2 aromatic rings. The van der Waals surface area contributed by atoms with E-state index in [4.69, 9.17) is 0 Å². The molecule has 1 amide bonds. The average molecular weight is 322 g/mol. The Kier molecular flexibility index (Phi) is 4.08. The molecule has 0 radical (unpaired) electrons. The van der Waals surface area contributed by atoms with Crippen molar-refractivity contribution < 1.29 is 9.90 Å². The molecule has 0 aromatic heterocycles. The maximum Gasteiger partial charge on any atom is 0.242 e. The SMILES string of the molecule is O=C1[C@@H]2[C@H](O)[C@H](CN1Cc1ccccc1)CN2Cc1ccccc1. The summed E-state index contributed by atoms with van der Waals surface area (Å²) >= 11 is 0. The van der Waals surface area contributed by atoms with Crippen LogP contribution >= 0.6 is 0 Å². The first-order valence-corrected chi connectivity index (χ1v) is 8.51. The van der Waals surface area contributed by atoms with Crippen LogP contribution in [0.3, 0.4) is 0 Å². The second-order valence-corrected chi connectivity index (χ2v) is 6.81. The normalized spacial score (nSPS) is 26.8. The summed E-state index contributed by atoms with van der Waals surface area (Å²) < 4.78 is 0. The number of hydrogen-bond acceptors (Lipinski definition) is 3. The summed E-state index contributed by atoms with van der Waals surface area (Å²) in [7, 11) is 0. The summed E-state index contributed by atoms with van der Waals surface area (Å²) in [5, 5.41) is 10.5. The van der Waals surface area contributed by atoms with E-state index < -0.39 is 12.1 Å². The second-order valence-electron chi connectivity index (χ2n) is 6.81. The molecule has 4 rings (SSSR count). The van der Waals surface area contributed by atoms with Crippen LogP contribution in [0.25, 0.3) is 0 Å². The number of hydrogen-bond donors (Lipinski definition) is 1. The van der Waals surface area contributed by atoms with Gasteiger partial charge in [0.05, 0.1) is 6.10 Å². The molecule has 2 saturated heterocycles. The maximum absolute atomic E-state index is 12.9. The summed E-state index contributed by atoms with van der Waals surface area (Å²) in [4.78, 5) is 17.0. The molecule has 4 nitrogen and oxygen atoms in total. The largest absolute Gasteiger partial charge is 0.391 e. The van der Waals surface area contributed by atoms with E-state index in [2.05, 4.69) is 17.0 Å². The molecule has 0 saturated carbocycles. The molecule has 24 heavy (non-hydrogen) atoms. The number of aliphatic hydroxyl groups is 1. The van der Waals surface area contributed by atoms with Gasteiger partial charge in [0.25, 0.3) is 0 Å². The summed E-state index contributed by atoms with van der Waals surface area (Å²) in [6, 6.07) is 19.8. The summed E-state index contributed by atoms with van der Waals surface area (Å²) in [6.07, 6.45) is -0.548. The van der Waals surface area contributed by atoms with E-state index in [0.717, 1.165) is 12.1 Å². The quantitative estimate of drug-likeness (QED) is 0.935. The molecule has 124 valence electrons. The average Bonchev–Trinajstić information content (AvgIpc) is 2.82. The van der Waals surface area contributed by atoms with Gasteiger partial charge in [0.2, 0.25) is 5.91 Å². The van der Waals surface area contributed by atoms with E-state index in [-0.39, 0.29) is 11.8 Å². The van der Waals surface area contributed by atoms with Crippen molar-refractivity contribution in [2.75, 3.05) is 13.1 Å². The Morgan fingerprint density at radius 3 is 2.08 bits per heavy atom. The molecule has 2 heterocycles. The van der Waals surface area contributed by atoms with Gasteiger partial charge in [0.15, 0.2) is 0 Å². The Morgan fingerprint density at radius 1 is 0.875 bits per heavy atom. The smallest absolute Gasteiger partial charge is 0.242 e. The minimum absolute atomic E-state index is 0.0519. The zero-order valence-electron chi connectivity index (χ0n) is 13.6. The highest BCUT2D eigenvalue weighted by molar-refractivity contribution is 5.84. The van der Waals surface area contributed by atoms with Crippen LogP contribution in [0.2, 0.25) is 0 Å². The first kappa shape index (κ1) is 15.4. The van der Waals surface area contributed by atoms with E-state index in [1.807, 2.05) is 53.4 Å². The van der Waals surface area contributed by atoms with Crippen LogP contribution in [0.5, 0.6) is 0 Å². The molecule has 2 aromatic carbocycles. The molecule has 3 atom stereocenters. The molecule has 2 bridgehead atoms. The lowest BCUT2D eigenvalue weighted by molar-refractivity contribution is -0.144. The van der Waals surface area contributed by atoms with Crippen LogP contribution in [-0.2, 0) is 17.9 Å². The van der Waals surface area contributed by atoms with E-state index >= 15 is 0 Å². The number of carbonyl (C=O) groups excluding carboxylic acids is 1. The lowest BCUT2D eigenvalue weighted by Crippen LogP contribution is -2.54. The predicted octanol–water partition coefficient (Wildman–Crippen LogP) is 1.89. The van der Waals surface area contributed by atoms with Gasteiger partial charge in [-0.2, -0.15) is 0 Å². The zero-order valence-corrected chi connectivity index (χ0v) is 13.6. The standard InChI is InChI=1S/C20H22N2O2/c23-19-17-13-21(11-15-7-3-1-4-8-15)18(19)20(24)22(14-17)12-16-9-5-2-6-10-16/h1-10,17-19,23H,11-14H2/t17-,18-,19+/m0/s1. The first-order valence-electron chi connectivity index (χ1n) is 8.51. The second kappa shape index (κ2) is 6.38. The molecule has 2 aliphatic rings. The van der Waals surface area contributed by atoms with Crippen molar-refractivity contribution in [1.29, 1.82) is 0 Å². The van der Waals surface area contributed by atoms with Crippen LogP contribution in [0.4, 0.5) is 0 Å². The van der Waals surface area contributed by atoms with Gasteiger partial charge in [-0.05, 0) is 11.1 Å². The maximum atomic E-state index is 12.9. The Morgan fingerprint density at radius 2 is 1.46 bits per heavy atom. The fourth-order valence-electron chi connectivity index (χ4n) is 3.95. The Balaban J connectivity index is 1.51.